The van der Waals surface area contributed by atoms with Crippen molar-refractivity contribution in [2.45, 2.75) is 0 Å². The molecule has 10 heteroatoms. The number of anilines is 3. The van der Waals surface area contributed by atoms with E-state index in [2.05, 4.69) is 35.7 Å². The Morgan fingerprint density at radius 1 is 1.00 bits per heavy atom. The lowest BCUT2D eigenvalue weighted by Crippen LogP contribution is -2.44. The third kappa shape index (κ3) is 4.06. The predicted molar refractivity (Wildman–Crippen MR) is 99.0 cm³/mol. The van der Waals surface area contributed by atoms with Gasteiger partial charge in [-0.25, -0.2) is 4.39 Å². The van der Waals surface area contributed by atoms with Crippen LogP contribution in [0.5, 0.6) is 0 Å². The van der Waals surface area contributed by atoms with Crippen molar-refractivity contribution < 1.29 is 4.39 Å². The van der Waals surface area contributed by atoms with E-state index in [0.29, 0.717) is 17.6 Å². The summed E-state index contributed by atoms with van der Waals surface area (Å²) in [5, 5.41) is 14.2. The zero-order valence-electron chi connectivity index (χ0n) is 13.8. The van der Waals surface area contributed by atoms with Gasteiger partial charge >= 0.3 is 0 Å². The summed E-state index contributed by atoms with van der Waals surface area (Å²) >= 11 is 0. The molecule has 0 aliphatic carbocycles. The van der Waals surface area contributed by atoms with E-state index in [1.54, 1.807) is 35.4 Å². The Bertz CT molecular complexity index is 834. The number of hydrogen-bond donors (Lipinski definition) is 2. The first-order chi connectivity index (χ1) is 12.3. The molecular weight excluding hydrogens is 359 g/mol. The van der Waals surface area contributed by atoms with Crippen LogP contribution in [0.3, 0.4) is 0 Å². The number of piperazine rings is 1. The van der Waals surface area contributed by atoms with E-state index in [0.717, 1.165) is 31.9 Å². The fourth-order valence-electron chi connectivity index (χ4n) is 2.62. The maximum Gasteiger partial charge on any atom is 0.229 e. The molecule has 26 heavy (non-hydrogen) atoms. The molecule has 136 valence electrons. The monoisotopic (exact) mass is 376 g/mol. The summed E-state index contributed by atoms with van der Waals surface area (Å²) < 4.78 is 14.8. The summed E-state index contributed by atoms with van der Waals surface area (Å²) in [5.41, 5.74) is 0.751. The van der Waals surface area contributed by atoms with Crippen LogP contribution in [-0.2, 0) is 0 Å². The van der Waals surface area contributed by atoms with Gasteiger partial charge in [-0.15, -0.1) is 22.6 Å². The summed E-state index contributed by atoms with van der Waals surface area (Å²) in [6.45, 7) is 3.45. The maximum atomic E-state index is 13.1. The Morgan fingerprint density at radius 3 is 2.38 bits per heavy atom. The molecule has 8 nitrogen and oxygen atoms in total. The minimum Gasteiger partial charge on any atom is -0.340 e. The second-order valence-electron chi connectivity index (χ2n) is 5.65. The van der Waals surface area contributed by atoms with Crippen molar-refractivity contribution in [3.05, 3.63) is 48.8 Å². The smallest absolute Gasteiger partial charge is 0.229 e. The molecule has 0 saturated carbocycles. The van der Waals surface area contributed by atoms with Crippen molar-refractivity contribution in [1.29, 1.82) is 0 Å². The van der Waals surface area contributed by atoms with Crippen molar-refractivity contribution in [3.63, 3.8) is 0 Å². The number of nitrogens with zero attached hydrogens (tertiary/aromatic N) is 6. The number of benzene rings is 1. The van der Waals surface area contributed by atoms with Gasteiger partial charge in [0, 0.05) is 37.9 Å². The molecule has 1 fully saturated rings. The second-order valence-corrected chi connectivity index (χ2v) is 5.65. The molecule has 1 saturated heterocycles. The zero-order chi connectivity index (χ0) is 17.1. The second kappa shape index (κ2) is 8.07. The molecule has 1 aromatic carbocycles. The van der Waals surface area contributed by atoms with Crippen LogP contribution in [0.25, 0.3) is 5.82 Å². The van der Waals surface area contributed by atoms with E-state index in [1.165, 1.54) is 12.1 Å². The van der Waals surface area contributed by atoms with Gasteiger partial charge in [0.2, 0.25) is 5.95 Å². The average molecular weight is 377 g/mol. The van der Waals surface area contributed by atoms with Gasteiger partial charge in [0.25, 0.3) is 0 Å². The predicted octanol–water partition coefficient (Wildman–Crippen LogP) is 1.77. The van der Waals surface area contributed by atoms with Gasteiger partial charge in [0.05, 0.1) is 0 Å². The van der Waals surface area contributed by atoms with Crippen LogP contribution in [0.1, 0.15) is 0 Å². The van der Waals surface area contributed by atoms with Gasteiger partial charge in [-0.3, -0.25) is 4.57 Å². The average Bonchev–Trinajstić information content (AvgIpc) is 3.19. The molecule has 2 aromatic heterocycles. The van der Waals surface area contributed by atoms with E-state index >= 15 is 0 Å². The highest BCUT2D eigenvalue weighted by atomic mass is 35.5. The molecule has 4 rings (SSSR count). The van der Waals surface area contributed by atoms with Crippen molar-refractivity contribution in [3.8, 4) is 5.82 Å². The van der Waals surface area contributed by atoms with Gasteiger partial charge in [0.15, 0.2) is 0 Å². The molecule has 3 aromatic rings. The fraction of sp³-hybridized carbons (Fsp3) is 0.250. The highest BCUT2D eigenvalue weighted by molar-refractivity contribution is 5.85. The van der Waals surface area contributed by atoms with E-state index in [4.69, 9.17) is 0 Å². The molecule has 0 spiro atoms. The first-order valence-corrected chi connectivity index (χ1v) is 8.00. The Labute approximate surface area is 155 Å². The maximum absolute atomic E-state index is 13.1. The lowest BCUT2D eigenvalue weighted by atomic mass is 10.3. The Kier molecular flexibility index (Phi) is 5.59. The zero-order valence-corrected chi connectivity index (χ0v) is 14.7. The largest absolute Gasteiger partial charge is 0.340 e. The van der Waals surface area contributed by atoms with Crippen LogP contribution in [-0.4, -0.2) is 50.9 Å². The normalized spacial score (nSPS) is 14.0. The number of aromatic nitrogens is 5. The van der Waals surface area contributed by atoms with Crippen LogP contribution < -0.4 is 15.5 Å². The molecule has 1 aliphatic rings. The summed E-state index contributed by atoms with van der Waals surface area (Å²) in [5.74, 6) is 1.65. The van der Waals surface area contributed by atoms with E-state index in [-0.39, 0.29) is 18.2 Å². The van der Waals surface area contributed by atoms with Crippen molar-refractivity contribution in [1.82, 2.24) is 30.0 Å². The van der Waals surface area contributed by atoms with Crippen molar-refractivity contribution in [2.24, 2.45) is 0 Å². The SMILES string of the molecule is Cl.Fc1ccc(Nc2cc(-n3cnnc3)nc(N3CCNCC3)n2)cc1. The fourth-order valence-corrected chi connectivity index (χ4v) is 2.62. The molecule has 3 heterocycles. The Morgan fingerprint density at radius 2 is 1.69 bits per heavy atom. The van der Waals surface area contributed by atoms with E-state index in [1.807, 2.05) is 0 Å². The van der Waals surface area contributed by atoms with Gasteiger partial charge in [0.1, 0.15) is 30.1 Å². The number of rotatable bonds is 4. The topological polar surface area (TPSA) is 83.8 Å². The van der Waals surface area contributed by atoms with Crippen molar-refractivity contribution >= 4 is 29.9 Å². The van der Waals surface area contributed by atoms with Gasteiger partial charge in [-0.05, 0) is 24.3 Å². The van der Waals surface area contributed by atoms with Crippen molar-refractivity contribution in [2.75, 3.05) is 36.4 Å². The number of hydrogen-bond acceptors (Lipinski definition) is 7. The van der Waals surface area contributed by atoms with E-state index in [9.17, 15) is 4.39 Å². The highest BCUT2D eigenvalue weighted by Gasteiger charge is 2.16. The minimum atomic E-state index is -0.278. The molecule has 1 aliphatic heterocycles. The molecule has 0 atom stereocenters. The quantitative estimate of drug-likeness (QED) is 0.718. The lowest BCUT2D eigenvalue weighted by Gasteiger charge is -2.28. The number of halogens is 2. The molecular formula is C16H18ClFN8. The first kappa shape index (κ1) is 18.0. The van der Waals surface area contributed by atoms with E-state index < -0.39 is 0 Å². The summed E-state index contributed by atoms with van der Waals surface area (Å²) in [7, 11) is 0. The molecule has 2 N–H and O–H groups in total. The highest BCUT2D eigenvalue weighted by Crippen LogP contribution is 2.21. The van der Waals surface area contributed by atoms with Gasteiger partial charge in [-0.2, -0.15) is 9.97 Å². The standard InChI is InChI=1S/C16H17FN8.ClH/c17-12-1-3-13(4-2-12)21-14-9-15(25-10-19-20-11-25)23-16(22-14)24-7-5-18-6-8-24;/h1-4,9-11,18H,5-8H2,(H,21,22,23);1H. The first-order valence-electron chi connectivity index (χ1n) is 8.00. The van der Waals surface area contributed by atoms with Gasteiger partial charge < -0.3 is 15.5 Å². The Hall–Kier alpha value is -2.78. The van der Waals surface area contributed by atoms with Crippen LogP contribution in [0.2, 0.25) is 0 Å². The third-order valence-corrected chi connectivity index (χ3v) is 3.90. The summed E-state index contributed by atoms with van der Waals surface area (Å²) in [4.78, 5) is 11.4. The lowest BCUT2D eigenvalue weighted by molar-refractivity contribution is 0.579. The van der Waals surface area contributed by atoms with Crippen LogP contribution in [0, 0.1) is 5.82 Å². The van der Waals surface area contributed by atoms with Crippen LogP contribution >= 0.6 is 12.4 Å². The Balaban J connectivity index is 0.00000196. The third-order valence-electron chi connectivity index (χ3n) is 3.90. The molecule has 0 bridgehead atoms. The molecule has 0 amide bonds. The van der Waals surface area contributed by atoms with Crippen LogP contribution in [0.15, 0.2) is 43.0 Å². The van der Waals surface area contributed by atoms with Crippen LogP contribution in [0.4, 0.5) is 21.8 Å². The summed E-state index contributed by atoms with van der Waals surface area (Å²) in [6, 6.07) is 7.95. The number of nitrogens with one attached hydrogen (secondary N) is 2. The molecule has 0 radical (unpaired) electrons. The molecule has 0 unspecified atom stereocenters. The minimum absolute atomic E-state index is 0. The van der Waals surface area contributed by atoms with Gasteiger partial charge in [-0.1, -0.05) is 0 Å². The summed E-state index contributed by atoms with van der Waals surface area (Å²) in [6.07, 6.45) is 3.18.